The molecule has 0 unspecified atom stereocenters. The Morgan fingerprint density at radius 3 is 2.64 bits per heavy atom. The van der Waals surface area contributed by atoms with Gasteiger partial charge in [0.1, 0.15) is 17.7 Å². The molecule has 8 nitrogen and oxygen atoms in total. The van der Waals surface area contributed by atoms with Crippen molar-refractivity contribution in [1.82, 2.24) is 25.3 Å². The summed E-state index contributed by atoms with van der Waals surface area (Å²) in [6, 6.07) is 2.35. The summed E-state index contributed by atoms with van der Waals surface area (Å²) in [7, 11) is 0. The van der Waals surface area contributed by atoms with Gasteiger partial charge < -0.3 is 14.8 Å². The zero-order valence-corrected chi connectivity index (χ0v) is 18.0. The zero-order chi connectivity index (χ0) is 23.2. The first-order chi connectivity index (χ1) is 16.0. The van der Waals surface area contributed by atoms with Crippen LogP contribution in [0.4, 0.5) is 8.78 Å². The summed E-state index contributed by atoms with van der Waals surface area (Å²) in [4.78, 5) is 29.0. The number of alkyl halides is 1. The van der Waals surface area contributed by atoms with E-state index in [-0.39, 0.29) is 17.2 Å². The lowest BCUT2D eigenvalue weighted by atomic mass is 9.93. The molecule has 172 valence electrons. The highest BCUT2D eigenvalue weighted by Gasteiger charge is 2.26. The fourth-order valence-corrected chi connectivity index (χ4v) is 3.55. The molecule has 2 atom stereocenters. The van der Waals surface area contributed by atoms with Gasteiger partial charge in [-0.3, -0.25) is 9.78 Å². The molecular weight excluding hydrogens is 432 g/mol. The molecule has 4 rings (SSSR count). The van der Waals surface area contributed by atoms with Gasteiger partial charge in [0.2, 0.25) is 0 Å². The Hall–Kier alpha value is -3.69. The lowest BCUT2D eigenvalue weighted by Gasteiger charge is -2.26. The maximum absolute atomic E-state index is 14.0. The number of carbonyl (C=O) groups is 1. The largest absolute Gasteiger partial charge is 0.488 e. The van der Waals surface area contributed by atoms with Crippen molar-refractivity contribution in [3.63, 3.8) is 0 Å². The van der Waals surface area contributed by atoms with Crippen molar-refractivity contribution in [1.29, 1.82) is 0 Å². The zero-order valence-electron chi connectivity index (χ0n) is 18.0. The third-order valence-corrected chi connectivity index (χ3v) is 5.18. The molecule has 3 aromatic heterocycles. The molecule has 1 saturated carbocycles. The fourth-order valence-electron chi connectivity index (χ4n) is 3.55. The molecule has 33 heavy (non-hydrogen) atoms. The molecule has 1 aliphatic rings. The smallest absolute Gasteiger partial charge is 0.262 e. The van der Waals surface area contributed by atoms with Crippen LogP contribution in [0.25, 0.3) is 11.4 Å². The lowest BCUT2D eigenvalue weighted by molar-refractivity contribution is 0.0883. The number of pyridine rings is 2. The second kappa shape index (κ2) is 10.3. The van der Waals surface area contributed by atoms with Crippen LogP contribution in [-0.4, -0.2) is 44.7 Å². The number of nitrogens with one attached hydrogen (secondary N) is 1. The van der Waals surface area contributed by atoms with E-state index in [1.807, 2.05) is 0 Å². The number of amides is 1. The number of carbonyl (C=O) groups excluding carboxylic acids is 1. The van der Waals surface area contributed by atoms with Crippen LogP contribution < -0.4 is 14.8 Å². The number of ether oxygens (including phenoxy) is 2. The normalized spacial score (nSPS) is 17.9. The van der Waals surface area contributed by atoms with E-state index in [1.165, 1.54) is 24.7 Å². The summed E-state index contributed by atoms with van der Waals surface area (Å²) < 4.78 is 38.5. The van der Waals surface area contributed by atoms with Gasteiger partial charge in [-0.25, -0.2) is 23.7 Å². The molecule has 0 spiro atoms. The topological polar surface area (TPSA) is 99.1 Å². The van der Waals surface area contributed by atoms with E-state index >= 15 is 0 Å². The Labute approximate surface area is 189 Å². The number of hydrogen-bond donors (Lipinski definition) is 1. The van der Waals surface area contributed by atoms with Gasteiger partial charge in [0.25, 0.3) is 11.8 Å². The number of nitrogens with zero attached hydrogens (tertiary/aromatic N) is 4. The quantitative estimate of drug-likeness (QED) is 0.568. The van der Waals surface area contributed by atoms with E-state index in [0.29, 0.717) is 36.6 Å². The molecule has 0 radical (unpaired) electrons. The van der Waals surface area contributed by atoms with Crippen LogP contribution in [0, 0.1) is 5.82 Å². The minimum absolute atomic E-state index is 0.0963. The number of halogens is 2. The third-order valence-electron chi connectivity index (χ3n) is 5.18. The molecule has 1 N–H and O–H groups in total. The van der Waals surface area contributed by atoms with Crippen LogP contribution in [0.2, 0.25) is 0 Å². The minimum atomic E-state index is -1.03. The molecule has 3 heterocycles. The van der Waals surface area contributed by atoms with Gasteiger partial charge in [0, 0.05) is 30.2 Å². The predicted octanol–water partition coefficient (Wildman–Crippen LogP) is 4.27. The number of aromatic nitrogens is 4. The predicted molar refractivity (Wildman–Crippen MR) is 115 cm³/mol. The average molecular weight is 455 g/mol. The van der Waals surface area contributed by atoms with Gasteiger partial charge in [0.05, 0.1) is 30.6 Å². The van der Waals surface area contributed by atoms with Crippen LogP contribution in [0.15, 0.2) is 43.1 Å². The second-order valence-corrected chi connectivity index (χ2v) is 7.58. The Kier molecular flexibility index (Phi) is 7.01. The molecule has 10 heteroatoms. The number of hydrogen-bond acceptors (Lipinski definition) is 7. The molecule has 1 aliphatic carbocycles. The maximum Gasteiger partial charge on any atom is 0.262 e. The highest BCUT2D eigenvalue weighted by molar-refractivity contribution is 5.94. The molecule has 1 amide bonds. The monoisotopic (exact) mass is 455 g/mol. The summed E-state index contributed by atoms with van der Waals surface area (Å²) in [5.74, 6) is -0.0354. The highest BCUT2D eigenvalue weighted by atomic mass is 19.1. The molecular formula is C23H23F2N5O3. The van der Waals surface area contributed by atoms with Gasteiger partial charge in [0.15, 0.2) is 11.6 Å². The highest BCUT2D eigenvalue weighted by Crippen LogP contribution is 2.31. The molecule has 0 saturated heterocycles. The second-order valence-electron chi connectivity index (χ2n) is 7.58. The summed E-state index contributed by atoms with van der Waals surface area (Å²) >= 11 is 0. The van der Waals surface area contributed by atoms with Crippen molar-refractivity contribution in [2.24, 2.45) is 0 Å². The molecule has 0 aliphatic heterocycles. The van der Waals surface area contributed by atoms with E-state index in [0.717, 1.165) is 19.0 Å². The van der Waals surface area contributed by atoms with Crippen molar-refractivity contribution >= 4 is 5.91 Å². The Morgan fingerprint density at radius 1 is 1.09 bits per heavy atom. The van der Waals surface area contributed by atoms with E-state index in [1.54, 1.807) is 19.2 Å². The van der Waals surface area contributed by atoms with Crippen LogP contribution >= 0.6 is 0 Å². The van der Waals surface area contributed by atoms with E-state index in [9.17, 15) is 13.6 Å². The standard InChI is InChI=1S/C23H23F2N5O3/c1-2-32-20-8-16(24)12-29-23(20)33-17-7-14(9-26-13-17)21-27-10-15(11-28-21)22(31)30-19-6-4-3-5-18(19)25/h7-13,18-19H,2-6H2,1H3,(H,30,31)/t18-,19-/m0/s1. The SMILES string of the molecule is CCOc1cc(F)cnc1Oc1cncc(-c2ncc(C(=O)N[C@H]3CCCC[C@@H]3F)cn2)c1. The Bertz CT molecular complexity index is 1110. The van der Waals surface area contributed by atoms with Gasteiger partial charge in [-0.1, -0.05) is 12.8 Å². The van der Waals surface area contributed by atoms with Crippen molar-refractivity contribution in [2.75, 3.05) is 6.61 Å². The van der Waals surface area contributed by atoms with Crippen LogP contribution in [-0.2, 0) is 0 Å². The van der Waals surface area contributed by atoms with Gasteiger partial charge in [-0.15, -0.1) is 0 Å². The van der Waals surface area contributed by atoms with E-state index in [2.05, 4.69) is 25.3 Å². The Balaban J connectivity index is 1.47. The van der Waals surface area contributed by atoms with Gasteiger partial charge >= 0.3 is 0 Å². The average Bonchev–Trinajstić information content (AvgIpc) is 2.83. The third kappa shape index (κ3) is 5.57. The summed E-state index contributed by atoms with van der Waals surface area (Å²) in [6.45, 7) is 2.09. The van der Waals surface area contributed by atoms with Crippen LogP contribution in [0.1, 0.15) is 43.0 Å². The van der Waals surface area contributed by atoms with Crippen molar-refractivity contribution in [3.8, 4) is 28.8 Å². The van der Waals surface area contributed by atoms with Crippen molar-refractivity contribution in [2.45, 2.75) is 44.8 Å². The minimum Gasteiger partial charge on any atom is -0.488 e. The Morgan fingerprint density at radius 2 is 1.88 bits per heavy atom. The van der Waals surface area contributed by atoms with Crippen LogP contribution in [0.3, 0.4) is 0 Å². The van der Waals surface area contributed by atoms with Crippen molar-refractivity contribution < 1.29 is 23.0 Å². The van der Waals surface area contributed by atoms with Crippen molar-refractivity contribution in [3.05, 3.63) is 54.5 Å². The van der Waals surface area contributed by atoms with E-state index in [4.69, 9.17) is 9.47 Å². The molecule has 3 aromatic rings. The summed E-state index contributed by atoms with van der Waals surface area (Å²) in [5, 5.41) is 2.73. The number of rotatable bonds is 7. The fraction of sp³-hybridized carbons (Fsp3) is 0.348. The lowest BCUT2D eigenvalue weighted by Crippen LogP contribution is -2.43. The molecule has 0 bridgehead atoms. The van der Waals surface area contributed by atoms with Crippen LogP contribution in [0.5, 0.6) is 17.4 Å². The first-order valence-electron chi connectivity index (χ1n) is 10.7. The first kappa shape index (κ1) is 22.5. The van der Waals surface area contributed by atoms with Gasteiger partial charge in [-0.2, -0.15) is 0 Å². The maximum atomic E-state index is 14.0. The summed E-state index contributed by atoms with van der Waals surface area (Å²) in [5.41, 5.74) is 0.782. The summed E-state index contributed by atoms with van der Waals surface area (Å²) in [6.07, 6.45) is 8.59. The molecule has 0 aromatic carbocycles. The van der Waals surface area contributed by atoms with E-state index < -0.39 is 23.9 Å². The van der Waals surface area contributed by atoms with Gasteiger partial charge in [-0.05, 0) is 25.8 Å². The molecule has 1 fully saturated rings. The first-order valence-corrected chi connectivity index (χ1v) is 10.7.